The van der Waals surface area contributed by atoms with Gasteiger partial charge in [0.25, 0.3) is 0 Å². The third-order valence-electron chi connectivity index (χ3n) is 1.83. The Kier molecular flexibility index (Phi) is 4.50. The maximum Gasteiger partial charge on any atom is 0.153 e. The average Bonchev–Trinajstić information content (AvgIpc) is 2.55. The molecule has 0 radical (unpaired) electrons. The maximum atomic E-state index is 5.70. The van der Waals surface area contributed by atoms with Gasteiger partial charge in [-0.05, 0) is 24.7 Å². The van der Waals surface area contributed by atoms with Crippen molar-refractivity contribution in [3.63, 3.8) is 0 Å². The number of aromatic nitrogens is 1. The number of hydrogen-bond donors (Lipinski definition) is 2. The highest BCUT2D eigenvalue weighted by Crippen LogP contribution is 2.34. The molecule has 0 spiro atoms. The Morgan fingerprint density at radius 3 is 3.00 bits per heavy atom. The number of rotatable bonds is 5. The molecule has 4 nitrogen and oxygen atoms in total. The van der Waals surface area contributed by atoms with Gasteiger partial charge in [0.1, 0.15) is 5.00 Å². The second-order valence-electron chi connectivity index (χ2n) is 2.86. The Morgan fingerprint density at radius 1 is 1.71 bits per heavy atom. The van der Waals surface area contributed by atoms with Gasteiger partial charge in [-0.15, -0.1) is 11.8 Å². The largest absolute Gasteiger partial charge is 0.382 e. The van der Waals surface area contributed by atoms with Crippen LogP contribution in [0.3, 0.4) is 0 Å². The van der Waals surface area contributed by atoms with E-state index in [1.54, 1.807) is 18.9 Å². The highest BCUT2D eigenvalue weighted by Gasteiger charge is 2.10. The standard InChI is InChI=1S/C8H15N3OS2/c1-5(12-2)4-10-8-6(13-3)7(9)11-14-8/h5,10H,4H2,1-3H3,(H2,9,11). The van der Waals surface area contributed by atoms with Crippen molar-refractivity contribution in [2.45, 2.75) is 17.9 Å². The van der Waals surface area contributed by atoms with Crippen molar-refractivity contribution in [3.8, 4) is 0 Å². The van der Waals surface area contributed by atoms with Gasteiger partial charge < -0.3 is 15.8 Å². The van der Waals surface area contributed by atoms with Crippen molar-refractivity contribution >= 4 is 34.1 Å². The molecule has 0 aromatic carbocycles. The van der Waals surface area contributed by atoms with E-state index in [1.807, 2.05) is 13.2 Å². The van der Waals surface area contributed by atoms with E-state index in [0.29, 0.717) is 5.82 Å². The normalized spacial score (nSPS) is 12.8. The zero-order valence-electron chi connectivity index (χ0n) is 8.53. The summed E-state index contributed by atoms with van der Waals surface area (Å²) in [4.78, 5) is 1.03. The maximum absolute atomic E-state index is 5.70. The Morgan fingerprint density at radius 2 is 2.43 bits per heavy atom. The van der Waals surface area contributed by atoms with Gasteiger partial charge in [-0.2, -0.15) is 4.37 Å². The number of thioether (sulfide) groups is 1. The van der Waals surface area contributed by atoms with Crippen LogP contribution < -0.4 is 11.1 Å². The number of nitrogens with one attached hydrogen (secondary N) is 1. The lowest BCUT2D eigenvalue weighted by molar-refractivity contribution is 0.129. The number of hydrogen-bond acceptors (Lipinski definition) is 6. The highest BCUT2D eigenvalue weighted by atomic mass is 32.2. The first kappa shape index (κ1) is 11.6. The molecule has 0 amide bonds. The highest BCUT2D eigenvalue weighted by molar-refractivity contribution is 7.99. The fourth-order valence-corrected chi connectivity index (χ4v) is 2.47. The van der Waals surface area contributed by atoms with Crippen LogP contribution in [0.15, 0.2) is 4.90 Å². The number of nitrogen functional groups attached to an aromatic ring is 1. The SMILES string of the molecule is COC(C)CNc1snc(N)c1SC. The first-order chi connectivity index (χ1) is 6.69. The van der Waals surface area contributed by atoms with Crippen LogP contribution in [0.25, 0.3) is 0 Å². The lowest BCUT2D eigenvalue weighted by atomic mass is 10.4. The number of ether oxygens (including phenoxy) is 1. The van der Waals surface area contributed by atoms with Gasteiger partial charge in [0.05, 0.1) is 11.0 Å². The summed E-state index contributed by atoms with van der Waals surface area (Å²) < 4.78 is 9.22. The molecule has 3 N–H and O–H groups in total. The molecule has 80 valence electrons. The summed E-state index contributed by atoms with van der Waals surface area (Å²) in [6.45, 7) is 2.78. The van der Waals surface area contributed by atoms with Crippen LogP contribution in [0.4, 0.5) is 10.8 Å². The van der Waals surface area contributed by atoms with Crippen molar-refractivity contribution in [2.75, 3.05) is 31.0 Å². The number of nitrogens with zero attached hydrogens (tertiary/aromatic N) is 1. The Balaban J connectivity index is 2.58. The first-order valence-electron chi connectivity index (χ1n) is 4.24. The second-order valence-corrected chi connectivity index (χ2v) is 4.45. The van der Waals surface area contributed by atoms with Crippen molar-refractivity contribution in [2.24, 2.45) is 0 Å². The van der Waals surface area contributed by atoms with E-state index in [1.165, 1.54) is 11.5 Å². The summed E-state index contributed by atoms with van der Waals surface area (Å²) in [6, 6.07) is 0. The summed E-state index contributed by atoms with van der Waals surface area (Å²) in [7, 11) is 1.70. The third kappa shape index (κ3) is 2.76. The minimum absolute atomic E-state index is 0.188. The van der Waals surface area contributed by atoms with Crippen LogP contribution >= 0.6 is 23.3 Å². The first-order valence-corrected chi connectivity index (χ1v) is 6.24. The van der Waals surface area contributed by atoms with Gasteiger partial charge in [0.15, 0.2) is 5.82 Å². The quantitative estimate of drug-likeness (QED) is 0.761. The molecule has 1 rings (SSSR count). The molecule has 1 aromatic heterocycles. The lowest BCUT2D eigenvalue weighted by Gasteiger charge is -2.10. The average molecular weight is 233 g/mol. The molecular formula is C8H15N3OS2. The van der Waals surface area contributed by atoms with Crippen molar-refractivity contribution < 1.29 is 4.74 Å². The van der Waals surface area contributed by atoms with Gasteiger partial charge in [-0.1, -0.05) is 0 Å². The van der Waals surface area contributed by atoms with Crippen LogP contribution in [-0.2, 0) is 4.74 Å². The molecule has 1 atom stereocenters. The van der Waals surface area contributed by atoms with E-state index in [4.69, 9.17) is 10.5 Å². The molecule has 0 saturated carbocycles. The molecule has 0 fully saturated rings. The molecule has 0 aliphatic carbocycles. The minimum Gasteiger partial charge on any atom is -0.382 e. The van der Waals surface area contributed by atoms with E-state index in [2.05, 4.69) is 9.69 Å². The molecule has 0 saturated heterocycles. The Labute approximate surface area is 92.4 Å². The summed E-state index contributed by atoms with van der Waals surface area (Å²) in [5.74, 6) is 0.607. The zero-order chi connectivity index (χ0) is 10.6. The number of methoxy groups -OCH3 is 1. The summed E-state index contributed by atoms with van der Waals surface area (Å²) in [5.41, 5.74) is 5.70. The zero-order valence-corrected chi connectivity index (χ0v) is 10.2. The van der Waals surface area contributed by atoms with Crippen molar-refractivity contribution in [1.82, 2.24) is 4.37 Å². The van der Waals surface area contributed by atoms with Gasteiger partial charge in [-0.25, -0.2) is 0 Å². The Bertz CT molecular complexity index is 290. The molecular weight excluding hydrogens is 218 g/mol. The summed E-state index contributed by atoms with van der Waals surface area (Å²) in [6.07, 6.45) is 2.18. The molecule has 1 heterocycles. The van der Waals surface area contributed by atoms with Crippen molar-refractivity contribution in [1.29, 1.82) is 0 Å². The van der Waals surface area contributed by atoms with Crippen LogP contribution in [0.2, 0.25) is 0 Å². The predicted octanol–water partition coefficient (Wildman–Crippen LogP) is 1.89. The topological polar surface area (TPSA) is 60.2 Å². The molecule has 0 aliphatic rings. The molecule has 1 unspecified atom stereocenters. The second kappa shape index (κ2) is 5.43. The van der Waals surface area contributed by atoms with Gasteiger partial charge >= 0.3 is 0 Å². The van der Waals surface area contributed by atoms with E-state index < -0.39 is 0 Å². The van der Waals surface area contributed by atoms with Crippen molar-refractivity contribution in [3.05, 3.63) is 0 Å². The van der Waals surface area contributed by atoms with Gasteiger partial charge in [0.2, 0.25) is 0 Å². The monoisotopic (exact) mass is 233 g/mol. The van der Waals surface area contributed by atoms with Crippen LogP contribution in [0.1, 0.15) is 6.92 Å². The number of nitrogens with two attached hydrogens (primary N) is 1. The van der Waals surface area contributed by atoms with Crippen LogP contribution in [-0.4, -0.2) is 30.4 Å². The fraction of sp³-hybridized carbons (Fsp3) is 0.625. The molecule has 0 aliphatic heterocycles. The lowest BCUT2D eigenvalue weighted by Crippen LogP contribution is -2.17. The molecule has 1 aromatic rings. The van der Waals surface area contributed by atoms with Crippen LogP contribution in [0, 0.1) is 0 Å². The number of anilines is 2. The van der Waals surface area contributed by atoms with E-state index in [9.17, 15) is 0 Å². The van der Waals surface area contributed by atoms with Gasteiger partial charge in [-0.3, -0.25) is 0 Å². The van der Waals surface area contributed by atoms with E-state index in [0.717, 1.165) is 16.4 Å². The van der Waals surface area contributed by atoms with Crippen LogP contribution in [0.5, 0.6) is 0 Å². The predicted molar refractivity (Wildman–Crippen MR) is 63.3 cm³/mol. The smallest absolute Gasteiger partial charge is 0.153 e. The molecule has 14 heavy (non-hydrogen) atoms. The van der Waals surface area contributed by atoms with E-state index in [-0.39, 0.29) is 6.10 Å². The summed E-state index contributed by atoms with van der Waals surface area (Å²) >= 11 is 3.00. The van der Waals surface area contributed by atoms with Gasteiger partial charge in [0, 0.05) is 13.7 Å². The Hall–Kier alpha value is -0.460. The third-order valence-corrected chi connectivity index (χ3v) is 3.60. The fourth-order valence-electron chi connectivity index (χ4n) is 0.924. The molecule has 0 bridgehead atoms. The summed E-state index contributed by atoms with van der Waals surface area (Å²) in [5, 5.41) is 4.29. The van der Waals surface area contributed by atoms with E-state index >= 15 is 0 Å². The minimum atomic E-state index is 0.188. The molecule has 6 heteroatoms.